The fourth-order valence-corrected chi connectivity index (χ4v) is 2.18. The van der Waals surface area contributed by atoms with Crippen LogP contribution in [0.15, 0.2) is 12.1 Å². The molecule has 0 spiro atoms. The van der Waals surface area contributed by atoms with Gasteiger partial charge in [0.1, 0.15) is 5.82 Å². The molecule has 1 saturated heterocycles. The van der Waals surface area contributed by atoms with Crippen molar-refractivity contribution in [3.8, 4) is 0 Å². The predicted octanol–water partition coefficient (Wildman–Crippen LogP) is 0.755. The molecule has 2 atom stereocenters. The maximum atomic E-state index is 11.0. The first-order valence-electron chi connectivity index (χ1n) is 5.86. The Bertz CT molecular complexity index is 507. The van der Waals surface area contributed by atoms with Crippen LogP contribution in [0.4, 0.5) is 5.82 Å². The number of β-amino-alcohol motifs (C(OH)–C–C–N with tert-alkyl or cyclic N) is 1. The predicted molar refractivity (Wildman–Crippen MR) is 69.7 cm³/mol. The Morgan fingerprint density at radius 2 is 2.26 bits per heavy atom. The van der Waals surface area contributed by atoms with Crippen molar-refractivity contribution in [3.05, 3.63) is 22.8 Å². The van der Waals surface area contributed by atoms with Gasteiger partial charge in [0, 0.05) is 13.1 Å². The van der Waals surface area contributed by atoms with Crippen molar-refractivity contribution in [2.24, 2.45) is 0 Å². The van der Waals surface area contributed by atoms with Gasteiger partial charge in [0.15, 0.2) is 5.69 Å². The minimum atomic E-state index is -1.20. The summed E-state index contributed by atoms with van der Waals surface area (Å²) in [5.74, 6) is -0.771. The standard InChI is InChI=1S/C12H15ClN2O4/c1-12(19)4-5-15(6-8(12)16)9-3-2-7(13)10(14-9)11(17)18/h2-3,8,16,19H,4-6H2,1H3,(H,17,18). The number of aliphatic hydroxyl groups is 2. The van der Waals surface area contributed by atoms with Gasteiger partial charge in [-0.15, -0.1) is 0 Å². The minimum absolute atomic E-state index is 0.0702. The molecule has 3 N–H and O–H groups in total. The van der Waals surface area contributed by atoms with E-state index in [1.165, 1.54) is 6.07 Å². The molecular weight excluding hydrogens is 272 g/mol. The molecule has 7 heteroatoms. The van der Waals surface area contributed by atoms with Crippen LogP contribution in [-0.2, 0) is 0 Å². The van der Waals surface area contributed by atoms with Gasteiger partial charge >= 0.3 is 5.97 Å². The molecule has 0 saturated carbocycles. The van der Waals surface area contributed by atoms with Gasteiger partial charge in [-0.05, 0) is 25.5 Å². The molecule has 1 fully saturated rings. The molecule has 0 bridgehead atoms. The van der Waals surface area contributed by atoms with Gasteiger partial charge < -0.3 is 20.2 Å². The van der Waals surface area contributed by atoms with Crippen molar-refractivity contribution < 1.29 is 20.1 Å². The average Bonchev–Trinajstić information content (AvgIpc) is 2.33. The highest BCUT2D eigenvalue weighted by atomic mass is 35.5. The number of anilines is 1. The number of carboxylic acids is 1. The Labute approximate surface area is 115 Å². The first-order chi connectivity index (χ1) is 8.81. The number of carboxylic acid groups (broad SMARTS) is 1. The highest BCUT2D eigenvalue weighted by Crippen LogP contribution is 2.26. The molecule has 0 aliphatic carbocycles. The number of rotatable bonds is 2. The van der Waals surface area contributed by atoms with Gasteiger partial charge in [-0.2, -0.15) is 0 Å². The van der Waals surface area contributed by atoms with Crippen molar-refractivity contribution in [2.45, 2.75) is 25.0 Å². The number of carbonyl (C=O) groups is 1. The summed E-state index contributed by atoms with van der Waals surface area (Å²) < 4.78 is 0. The number of nitrogens with zero attached hydrogens (tertiary/aromatic N) is 2. The van der Waals surface area contributed by atoms with Gasteiger partial charge in [0.25, 0.3) is 0 Å². The van der Waals surface area contributed by atoms with E-state index in [1.807, 2.05) is 0 Å². The molecule has 0 radical (unpaired) electrons. The molecule has 1 aliphatic rings. The Morgan fingerprint density at radius 1 is 1.58 bits per heavy atom. The molecule has 0 amide bonds. The van der Waals surface area contributed by atoms with Crippen molar-refractivity contribution in [1.29, 1.82) is 0 Å². The van der Waals surface area contributed by atoms with E-state index >= 15 is 0 Å². The van der Waals surface area contributed by atoms with E-state index < -0.39 is 17.7 Å². The zero-order valence-electron chi connectivity index (χ0n) is 10.4. The first-order valence-corrected chi connectivity index (χ1v) is 6.24. The molecular formula is C12H15ClN2O4. The highest BCUT2D eigenvalue weighted by Gasteiger charge is 2.36. The Kier molecular flexibility index (Phi) is 3.66. The summed E-state index contributed by atoms with van der Waals surface area (Å²) in [7, 11) is 0. The summed E-state index contributed by atoms with van der Waals surface area (Å²) >= 11 is 5.75. The molecule has 2 unspecified atom stereocenters. The fourth-order valence-electron chi connectivity index (χ4n) is 1.99. The number of aromatic carboxylic acids is 1. The number of piperidine rings is 1. The van der Waals surface area contributed by atoms with Gasteiger partial charge in [-0.25, -0.2) is 9.78 Å². The smallest absolute Gasteiger partial charge is 0.356 e. The van der Waals surface area contributed by atoms with Gasteiger partial charge in [-0.3, -0.25) is 0 Å². The van der Waals surface area contributed by atoms with Crippen LogP contribution in [0.1, 0.15) is 23.8 Å². The van der Waals surface area contributed by atoms with Crippen LogP contribution in [0.25, 0.3) is 0 Å². The summed E-state index contributed by atoms with van der Waals surface area (Å²) in [6, 6.07) is 3.06. The van der Waals surface area contributed by atoms with Crippen molar-refractivity contribution in [1.82, 2.24) is 4.98 Å². The number of aliphatic hydroxyl groups excluding tert-OH is 1. The number of hydrogen-bond acceptors (Lipinski definition) is 5. The Hall–Kier alpha value is -1.37. The normalized spacial score (nSPS) is 27.4. The monoisotopic (exact) mass is 286 g/mol. The Balaban J connectivity index is 2.24. The second-order valence-corrected chi connectivity index (χ2v) is 5.28. The second kappa shape index (κ2) is 4.96. The van der Waals surface area contributed by atoms with Gasteiger partial charge in [0.05, 0.1) is 16.7 Å². The molecule has 104 valence electrons. The lowest BCUT2D eigenvalue weighted by Gasteiger charge is -2.40. The third-order valence-electron chi connectivity index (χ3n) is 3.36. The number of halogens is 1. The molecule has 6 nitrogen and oxygen atoms in total. The molecule has 19 heavy (non-hydrogen) atoms. The van der Waals surface area contributed by atoms with Crippen LogP contribution < -0.4 is 4.90 Å². The zero-order chi connectivity index (χ0) is 14.2. The summed E-state index contributed by atoms with van der Waals surface area (Å²) in [5.41, 5.74) is -1.34. The molecule has 2 rings (SSSR count). The van der Waals surface area contributed by atoms with Crippen molar-refractivity contribution in [3.63, 3.8) is 0 Å². The van der Waals surface area contributed by atoms with E-state index in [0.29, 0.717) is 18.8 Å². The molecule has 2 heterocycles. The lowest BCUT2D eigenvalue weighted by atomic mass is 9.91. The van der Waals surface area contributed by atoms with E-state index in [4.69, 9.17) is 16.7 Å². The topological polar surface area (TPSA) is 93.9 Å². The van der Waals surface area contributed by atoms with Crippen LogP contribution in [0.3, 0.4) is 0 Å². The van der Waals surface area contributed by atoms with Gasteiger partial charge in [-0.1, -0.05) is 11.6 Å². The average molecular weight is 287 g/mol. The third kappa shape index (κ3) is 2.80. The van der Waals surface area contributed by atoms with Crippen molar-refractivity contribution >= 4 is 23.4 Å². The molecule has 0 aromatic carbocycles. The summed E-state index contributed by atoms with van der Waals surface area (Å²) in [4.78, 5) is 16.7. The van der Waals surface area contributed by atoms with E-state index in [9.17, 15) is 15.0 Å². The van der Waals surface area contributed by atoms with Crippen LogP contribution in [0.2, 0.25) is 5.02 Å². The molecule has 1 aromatic heterocycles. The first kappa shape index (κ1) is 14.0. The maximum Gasteiger partial charge on any atom is 0.356 e. The number of pyridine rings is 1. The minimum Gasteiger partial charge on any atom is -0.476 e. The van der Waals surface area contributed by atoms with Crippen LogP contribution in [0.5, 0.6) is 0 Å². The van der Waals surface area contributed by atoms with Crippen LogP contribution in [-0.4, -0.2) is 51.1 Å². The van der Waals surface area contributed by atoms with Crippen LogP contribution >= 0.6 is 11.6 Å². The van der Waals surface area contributed by atoms with E-state index in [2.05, 4.69) is 4.98 Å². The quantitative estimate of drug-likeness (QED) is 0.743. The largest absolute Gasteiger partial charge is 0.476 e. The maximum absolute atomic E-state index is 11.0. The SMILES string of the molecule is CC1(O)CCN(c2ccc(Cl)c(C(=O)O)n2)CC1O. The lowest BCUT2D eigenvalue weighted by molar-refractivity contribution is -0.0722. The summed E-state index contributed by atoms with van der Waals surface area (Å²) in [5, 5.41) is 28.8. The third-order valence-corrected chi connectivity index (χ3v) is 3.66. The molecule has 1 aromatic rings. The second-order valence-electron chi connectivity index (χ2n) is 4.87. The highest BCUT2D eigenvalue weighted by molar-refractivity contribution is 6.33. The van der Waals surface area contributed by atoms with E-state index in [1.54, 1.807) is 17.9 Å². The number of aromatic nitrogens is 1. The summed E-state index contributed by atoms with van der Waals surface area (Å²) in [6.45, 7) is 2.26. The Morgan fingerprint density at radius 3 is 2.84 bits per heavy atom. The zero-order valence-corrected chi connectivity index (χ0v) is 11.1. The molecule has 1 aliphatic heterocycles. The number of hydrogen-bond donors (Lipinski definition) is 3. The fraction of sp³-hybridized carbons (Fsp3) is 0.500. The van der Waals surface area contributed by atoms with E-state index in [0.717, 1.165) is 0 Å². The lowest BCUT2D eigenvalue weighted by Crippen LogP contribution is -2.54. The van der Waals surface area contributed by atoms with E-state index in [-0.39, 0.29) is 17.3 Å². The van der Waals surface area contributed by atoms with Crippen molar-refractivity contribution in [2.75, 3.05) is 18.0 Å². The van der Waals surface area contributed by atoms with Crippen LogP contribution in [0, 0.1) is 0 Å². The summed E-state index contributed by atoms with van der Waals surface area (Å²) in [6.07, 6.45) is -0.534. The van der Waals surface area contributed by atoms with Gasteiger partial charge in [0.2, 0.25) is 0 Å².